The molecule has 4 heterocycles. The van der Waals surface area contributed by atoms with Gasteiger partial charge < -0.3 is 23.7 Å². The molecule has 0 saturated carbocycles. The van der Waals surface area contributed by atoms with Crippen LogP contribution < -0.4 is 0 Å². The second-order valence-corrected chi connectivity index (χ2v) is 11.9. The first kappa shape index (κ1) is 27.0. The van der Waals surface area contributed by atoms with Gasteiger partial charge in [0.15, 0.2) is 0 Å². The summed E-state index contributed by atoms with van der Waals surface area (Å²) in [6.07, 6.45) is 1.42. The highest BCUT2D eigenvalue weighted by atomic mass is 16.6. The normalized spacial score (nSPS) is 22.9. The van der Waals surface area contributed by atoms with Crippen LogP contribution in [0.15, 0.2) is 4.42 Å². The summed E-state index contributed by atoms with van der Waals surface area (Å²) in [5.74, 6) is 0.506. The first-order valence-corrected chi connectivity index (χ1v) is 12.8. The third kappa shape index (κ3) is 6.25. The van der Waals surface area contributed by atoms with E-state index in [1.165, 1.54) is 4.90 Å². The van der Waals surface area contributed by atoms with Gasteiger partial charge in [-0.25, -0.2) is 19.4 Å². The minimum absolute atomic E-state index is 0.0361. The fraction of sp³-hybridized carbons (Fsp3) is 0.792. The zero-order valence-electron chi connectivity index (χ0n) is 22.5. The summed E-state index contributed by atoms with van der Waals surface area (Å²) < 4.78 is 17.1. The molecule has 206 valence electrons. The molecule has 2 atom stereocenters. The van der Waals surface area contributed by atoms with Crippen LogP contribution in [0.4, 0.5) is 14.4 Å². The second kappa shape index (κ2) is 9.99. The fourth-order valence-electron chi connectivity index (χ4n) is 4.87. The predicted octanol–water partition coefficient (Wildman–Crippen LogP) is 3.54. The summed E-state index contributed by atoms with van der Waals surface area (Å²) in [5, 5.41) is 19.0. The molecular formula is C24H38N6O7. The van der Waals surface area contributed by atoms with E-state index in [0.717, 1.165) is 5.06 Å². The van der Waals surface area contributed by atoms with Gasteiger partial charge in [0.05, 0.1) is 6.04 Å². The molecule has 13 heteroatoms. The quantitative estimate of drug-likeness (QED) is 0.588. The number of urea groups is 1. The zero-order chi connectivity index (χ0) is 27.1. The third-order valence-electron chi connectivity index (χ3n) is 6.60. The van der Waals surface area contributed by atoms with Gasteiger partial charge in [0, 0.05) is 25.7 Å². The van der Waals surface area contributed by atoms with Crippen LogP contribution >= 0.6 is 0 Å². The van der Waals surface area contributed by atoms with Crippen LogP contribution in [0, 0.1) is 0 Å². The number of amides is 4. The van der Waals surface area contributed by atoms with Gasteiger partial charge in [0.1, 0.15) is 23.8 Å². The Morgan fingerprint density at radius 1 is 1.03 bits per heavy atom. The summed E-state index contributed by atoms with van der Waals surface area (Å²) in [5.41, 5.74) is -1.28. The van der Waals surface area contributed by atoms with Gasteiger partial charge in [-0.1, -0.05) is 0 Å². The number of nitrogens with zero attached hydrogens (tertiary/aromatic N) is 6. The van der Waals surface area contributed by atoms with E-state index >= 15 is 0 Å². The van der Waals surface area contributed by atoms with Crippen molar-refractivity contribution in [2.75, 3.05) is 19.6 Å². The van der Waals surface area contributed by atoms with Gasteiger partial charge in [0.25, 0.3) is 0 Å². The molecule has 1 N–H and O–H groups in total. The van der Waals surface area contributed by atoms with Crippen molar-refractivity contribution in [3.05, 3.63) is 11.8 Å². The van der Waals surface area contributed by atoms with Crippen molar-refractivity contribution in [3.63, 3.8) is 0 Å². The van der Waals surface area contributed by atoms with Crippen molar-refractivity contribution in [1.82, 2.24) is 30.0 Å². The van der Waals surface area contributed by atoms with E-state index in [9.17, 15) is 19.6 Å². The number of hydroxylamine groups is 2. The lowest BCUT2D eigenvalue weighted by Crippen LogP contribution is -2.50. The molecule has 0 spiro atoms. The van der Waals surface area contributed by atoms with Crippen LogP contribution in [0.3, 0.4) is 0 Å². The number of fused-ring (bicyclic) bond motifs is 2. The molecule has 13 nitrogen and oxygen atoms in total. The van der Waals surface area contributed by atoms with Crippen LogP contribution in [0.5, 0.6) is 0 Å². The Balaban J connectivity index is 1.45. The molecule has 4 rings (SSSR count). The lowest BCUT2D eigenvalue weighted by Gasteiger charge is -2.38. The summed E-state index contributed by atoms with van der Waals surface area (Å²) in [7, 11) is 0. The molecule has 0 aromatic carbocycles. The number of hydrogen-bond acceptors (Lipinski definition) is 9. The molecular weight excluding hydrogens is 484 g/mol. The largest absolute Gasteiger partial charge is 0.444 e. The van der Waals surface area contributed by atoms with E-state index < -0.39 is 29.4 Å². The molecule has 3 aliphatic rings. The topological polar surface area (TPSA) is 142 Å². The first-order chi connectivity index (χ1) is 17.2. The van der Waals surface area contributed by atoms with Crippen molar-refractivity contribution in [2.45, 2.75) is 103 Å². The minimum atomic E-state index is -0.697. The molecule has 4 amide bonds. The molecule has 0 aliphatic carbocycles. The van der Waals surface area contributed by atoms with Crippen LogP contribution in [-0.4, -0.2) is 96.3 Å². The number of rotatable bonds is 4. The maximum Gasteiger partial charge on any atom is 0.411 e. The number of hydrogen-bond donors (Lipinski definition) is 1. The van der Waals surface area contributed by atoms with Crippen molar-refractivity contribution in [2.24, 2.45) is 0 Å². The Morgan fingerprint density at radius 3 is 2.30 bits per heavy atom. The Kier molecular flexibility index (Phi) is 7.28. The fourth-order valence-corrected chi connectivity index (χ4v) is 4.87. The van der Waals surface area contributed by atoms with Gasteiger partial charge in [-0.15, -0.1) is 10.2 Å². The molecule has 3 fully saturated rings. The molecule has 3 aliphatic heterocycles. The van der Waals surface area contributed by atoms with Crippen LogP contribution in [-0.2, 0) is 16.0 Å². The second-order valence-electron chi connectivity index (χ2n) is 11.9. The van der Waals surface area contributed by atoms with E-state index in [2.05, 4.69) is 10.2 Å². The van der Waals surface area contributed by atoms with Gasteiger partial charge in [-0.2, -0.15) is 0 Å². The molecule has 2 bridgehead atoms. The zero-order valence-corrected chi connectivity index (χ0v) is 22.5. The van der Waals surface area contributed by atoms with Gasteiger partial charge in [-0.05, 0) is 67.2 Å². The monoisotopic (exact) mass is 522 g/mol. The highest BCUT2D eigenvalue weighted by Crippen LogP contribution is 2.37. The maximum atomic E-state index is 13.2. The SMILES string of the molecule is CC(C)(C)OC(=O)N1CCC(N(Cc2nnc([C@@H]3CC[C@H]4CN3C(=O)N4O)o2)C(=O)OC(C)(C)C)CC1. The van der Waals surface area contributed by atoms with Gasteiger partial charge >= 0.3 is 18.2 Å². The Morgan fingerprint density at radius 2 is 1.68 bits per heavy atom. The van der Waals surface area contributed by atoms with Gasteiger partial charge in [-0.3, -0.25) is 10.1 Å². The number of aromatic nitrogens is 2. The third-order valence-corrected chi connectivity index (χ3v) is 6.60. The summed E-state index contributed by atoms with van der Waals surface area (Å²) in [6.45, 7) is 12.2. The smallest absolute Gasteiger partial charge is 0.411 e. The molecule has 0 radical (unpaired) electrons. The molecule has 1 aromatic heterocycles. The highest BCUT2D eigenvalue weighted by Gasteiger charge is 2.46. The van der Waals surface area contributed by atoms with Crippen LogP contribution in [0.25, 0.3) is 0 Å². The van der Waals surface area contributed by atoms with Crippen LogP contribution in [0.1, 0.15) is 85.0 Å². The molecule has 3 saturated heterocycles. The minimum Gasteiger partial charge on any atom is -0.444 e. The van der Waals surface area contributed by atoms with E-state index in [4.69, 9.17) is 13.9 Å². The van der Waals surface area contributed by atoms with Crippen molar-refractivity contribution >= 4 is 18.2 Å². The number of carbonyl (C=O) groups is 3. The van der Waals surface area contributed by atoms with E-state index in [1.807, 2.05) is 20.8 Å². The number of ether oxygens (including phenoxy) is 2. The molecule has 0 unspecified atom stereocenters. The maximum absolute atomic E-state index is 13.2. The van der Waals surface area contributed by atoms with Crippen LogP contribution in [0.2, 0.25) is 0 Å². The first-order valence-electron chi connectivity index (χ1n) is 12.8. The van der Waals surface area contributed by atoms with Crippen molar-refractivity contribution in [3.8, 4) is 0 Å². The molecule has 1 aromatic rings. The highest BCUT2D eigenvalue weighted by molar-refractivity contribution is 5.76. The van der Waals surface area contributed by atoms with E-state index in [-0.39, 0.29) is 36.5 Å². The van der Waals surface area contributed by atoms with Crippen molar-refractivity contribution < 1.29 is 33.5 Å². The average molecular weight is 523 g/mol. The van der Waals surface area contributed by atoms with E-state index in [0.29, 0.717) is 45.3 Å². The summed E-state index contributed by atoms with van der Waals surface area (Å²) in [6, 6.07) is -1.32. The van der Waals surface area contributed by atoms with Gasteiger partial charge in [0.2, 0.25) is 11.8 Å². The Labute approximate surface area is 216 Å². The lowest BCUT2D eigenvalue weighted by molar-refractivity contribution is -0.0584. The Hall–Kier alpha value is -3.09. The summed E-state index contributed by atoms with van der Waals surface area (Å²) >= 11 is 0. The summed E-state index contributed by atoms with van der Waals surface area (Å²) in [4.78, 5) is 42.7. The Bertz CT molecular complexity index is 1010. The number of likely N-dealkylation sites (tertiary alicyclic amines) is 1. The predicted molar refractivity (Wildman–Crippen MR) is 128 cm³/mol. The average Bonchev–Trinajstić information content (AvgIpc) is 3.35. The number of carbonyl (C=O) groups excluding carboxylic acids is 3. The standard InChI is InChI=1S/C24H38N6O7/c1-23(2,3)36-21(32)27-11-9-15(10-12-27)28(22(33)37-24(4,5)6)14-18-25-26-19(35-18)17-8-7-16-13-29(17)20(31)30(16)34/h15-17,34H,7-14H2,1-6H3/t16-,17-/m0/s1. The molecule has 37 heavy (non-hydrogen) atoms. The number of piperidine rings is 2. The lowest BCUT2D eigenvalue weighted by atomic mass is 10.0. The van der Waals surface area contributed by atoms with Crippen molar-refractivity contribution in [1.29, 1.82) is 0 Å². The van der Waals surface area contributed by atoms with E-state index in [1.54, 1.807) is 30.6 Å².